The molecular formula is C10H20N2O. The van der Waals surface area contributed by atoms with E-state index in [-0.39, 0.29) is 5.91 Å². The van der Waals surface area contributed by atoms with E-state index in [9.17, 15) is 4.79 Å². The van der Waals surface area contributed by atoms with Gasteiger partial charge in [-0.25, -0.2) is 0 Å². The molecule has 0 radical (unpaired) electrons. The van der Waals surface area contributed by atoms with Crippen molar-refractivity contribution in [3.05, 3.63) is 0 Å². The molecule has 3 nitrogen and oxygen atoms in total. The first-order chi connectivity index (χ1) is 6.22. The van der Waals surface area contributed by atoms with Crippen LogP contribution in [0.5, 0.6) is 0 Å². The fourth-order valence-electron chi connectivity index (χ4n) is 2.02. The second-order valence-electron chi connectivity index (χ2n) is 3.81. The molecule has 0 spiro atoms. The summed E-state index contributed by atoms with van der Waals surface area (Å²) in [5.41, 5.74) is 0. The van der Waals surface area contributed by atoms with Gasteiger partial charge in [0.1, 0.15) is 0 Å². The minimum atomic E-state index is 0.104. The molecule has 1 aliphatic carbocycles. The van der Waals surface area contributed by atoms with Crippen molar-refractivity contribution < 1.29 is 4.79 Å². The summed E-state index contributed by atoms with van der Waals surface area (Å²) in [6.07, 6.45) is 4.63. The highest BCUT2D eigenvalue weighted by atomic mass is 16.1. The van der Waals surface area contributed by atoms with Gasteiger partial charge in [0, 0.05) is 19.0 Å². The smallest absolute Gasteiger partial charge is 0.217 e. The summed E-state index contributed by atoms with van der Waals surface area (Å²) in [4.78, 5) is 10.8. The molecule has 0 bridgehead atoms. The van der Waals surface area contributed by atoms with Crippen molar-refractivity contribution in [3.8, 4) is 0 Å². The van der Waals surface area contributed by atoms with Crippen LogP contribution in [0.3, 0.4) is 0 Å². The van der Waals surface area contributed by atoms with Gasteiger partial charge >= 0.3 is 0 Å². The van der Waals surface area contributed by atoms with Crippen LogP contribution in [0.15, 0.2) is 0 Å². The number of carbonyl (C=O) groups excluding carboxylic acids is 1. The van der Waals surface area contributed by atoms with Crippen LogP contribution in [0, 0.1) is 0 Å². The van der Waals surface area contributed by atoms with Crippen LogP contribution < -0.4 is 10.6 Å². The first kappa shape index (κ1) is 10.5. The van der Waals surface area contributed by atoms with Crippen molar-refractivity contribution in [2.75, 3.05) is 6.54 Å². The van der Waals surface area contributed by atoms with Crippen LogP contribution >= 0.6 is 0 Å². The molecule has 3 heteroatoms. The molecular weight excluding hydrogens is 164 g/mol. The molecule has 1 rings (SSSR count). The second kappa shape index (κ2) is 5.22. The van der Waals surface area contributed by atoms with Crippen molar-refractivity contribution >= 4 is 5.91 Å². The number of hydrogen-bond acceptors (Lipinski definition) is 2. The average molecular weight is 184 g/mol. The van der Waals surface area contributed by atoms with E-state index in [4.69, 9.17) is 0 Å². The number of hydrogen-bond donors (Lipinski definition) is 2. The highest BCUT2D eigenvalue weighted by Gasteiger charge is 2.20. The third kappa shape index (κ3) is 3.77. The maximum Gasteiger partial charge on any atom is 0.217 e. The minimum absolute atomic E-state index is 0.104. The minimum Gasteiger partial charge on any atom is -0.354 e. The van der Waals surface area contributed by atoms with Gasteiger partial charge in [0.15, 0.2) is 0 Å². The van der Waals surface area contributed by atoms with Crippen molar-refractivity contribution in [2.45, 2.75) is 51.6 Å². The first-order valence-corrected chi connectivity index (χ1v) is 5.23. The van der Waals surface area contributed by atoms with Gasteiger partial charge < -0.3 is 10.6 Å². The lowest BCUT2D eigenvalue weighted by molar-refractivity contribution is -0.119. The van der Waals surface area contributed by atoms with Gasteiger partial charge in [0.05, 0.1) is 0 Å². The Morgan fingerprint density at radius 2 is 1.77 bits per heavy atom. The Bertz CT molecular complexity index is 162. The van der Waals surface area contributed by atoms with Crippen LogP contribution in [0.1, 0.15) is 39.5 Å². The molecule has 1 fully saturated rings. The molecule has 0 atom stereocenters. The van der Waals surface area contributed by atoms with Crippen molar-refractivity contribution in [1.29, 1.82) is 0 Å². The summed E-state index contributed by atoms with van der Waals surface area (Å²) in [6.45, 7) is 4.78. The Labute approximate surface area is 80.3 Å². The summed E-state index contributed by atoms with van der Waals surface area (Å²) in [6, 6.07) is 1.10. The molecule has 0 aromatic heterocycles. The van der Waals surface area contributed by atoms with E-state index in [1.807, 2.05) is 0 Å². The van der Waals surface area contributed by atoms with E-state index in [2.05, 4.69) is 17.6 Å². The highest BCUT2D eigenvalue weighted by molar-refractivity contribution is 5.73. The van der Waals surface area contributed by atoms with Crippen LogP contribution in [-0.4, -0.2) is 24.5 Å². The van der Waals surface area contributed by atoms with Crippen LogP contribution in [-0.2, 0) is 4.79 Å². The van der Waals surface area contributed by atoms with Gasteiger partial charge in [-0.3, -0.25) is 4.79 Å². The Kier molecular flexibility index (Phi) is 4.22. The molecule has 0 aromatic rings. The highest BCUT2D eigenvalue weighted by Crippen LogP contribution is 2.18. The predicted octanol–water partition coefficient (Wildman–Crippen LogP) is 1.04. The average Bonchev–Trinajstić information content (AvgIpc) is 2.08. The summed E-state index contributed by atoms with van der Waals surface area (Å²) in [5, 5.41) is 6.42. The van der Waals surface area contributed by atoms with Crippen LogP contribution in [0.4, 0.5) is 0 Å². The lowest BCUT2D eigenvalue weighted by atomic mass is 9.91. The molecule has 13 heavy (non-hydrogen) atoms. The molecule has 0 heterocycles. The normalized spacial score (nSPS) is 28.5. The molecule has 1 amide bonds. The van der Waals surface area contributed by atoms with Crippen LogP contribution in [0.2, 0.25) is 0 Å². The monoisotopic (exact) mass is 184 g/mol. The lowest BCUT2D eigenvalue weighted by Crippen LogP contribution is -2.41. The van der Waals surface area contributed by atoms with Crippen LogP contribution in [0.25, 0.3) is 0 Å². The van der Waals surface area contributed by atoms with Gasteiger partial charge in [-0.2, -0.15) is 0 Å². The molecule has 0 saturated heterocycles. The third-order valence-corrected chi connectivity index (χ3v) is 2.63. The van der Waals surface area contributed by atoms with Gasteiger partial charge in [-0.15, -0.1) is 0 Å². The van der Waals surface area contributed by atoms with Crippen molar-refractivity contribution in [2.24, 2.45) is 0 Å². The molecule has 0 unspecified atom stereocenters. The summed E-state index contributed by atoms with van der Waals surface area (Å²) < 4.78 is 0. The summed E-state index contributed by atoms with van der Waals surface area (Å²) >= 11 is 0. The predicted molar refractivity (Wildman–Crippen MR) is 53.5 cm³/mol. The molecule has 76 valence electrons. The molecule has 0 aliphatic heterocycles. The van der Waals surface area contributed by atoms with E-state index in [1.165, 1.54) is 12.8 Å². The lowest BCUT2D eigenvalue weighted by Gasteiger charge is -2.29. The fraction of sp³-hybridized carbons (Fsp3) is 0.900. The summed E-state index contributed by atoms with van der Waals surface area (Å²) in [7, 11) is 0. The Morgan fingerprint density at radius 1 is 1.23 bits per heavy atom. The topological polar surface area (TPSA) is 41.1 Å². The zero-order valence-electron chi connectivity index (χ0n) is 8.60. The molecule has 1 saturated carbocycles. The Balaban J connectivity index is 2.18. The zero-order valence-corrected chi connectivity index (χ0v) is 8.60. The quantitative estimate of drug-likeness (QED) is 0.688. The summed E-state index contributed by atoms with van der Waals surface area (Å²) in [5.74, 6) is 0.104. The number of nitrogens with one attached hydrogen (secondary N) is 2. The Morgan fingerprint density at radius 3 is 2.23 bits per heavy atom. The number of carbonyl (C=O) groups is 1. The maximum absolute atomic E-state index is 10.8. The number of rotatable bonds is 3. The zero-order chi connectivity index (χ0) is 9.68. The van der Waals surface area contributed by atoms with Gasteiger partial charge in [-0.05, 0) is 32.2 Å². The standard InChI is InChI=1S/C10H20N2O/c1-3-11-9-4-6-10(7-5-9)12-8(2)13/h9-11H,3-7H2,1-2H3,(H,12,13). The Hall–Kier alpha value is -0.570. The third-order valence-electron chi connectivity index (χ3n) is 2.63. The number of amides is 1. The van der Waals surface area contributed by atoms with Crippen molar-refractivity contribution in [3.63, 3.8) is 0 Å². The second-order valence-corrected chi connectivity index (χ2v) is 3.81. The van der Waals surface area contributed by atoms with E-state index in [0.717, 1.165) is 19.4 Å². The fourth-order valence-corrected chi connectivity index (χ4v) is 2.02. The molecule has 0 aromatic carbocycles. The molecule has 2 N–H and O–H groups in total. The first-order valence-electron chi connectivity index (χ1n) is 5.23. The largest absolute Gasteiger partial charge is 0.354 e. The SMILES string of the molecule is CCNC1CCC(NC(C)=O)CC1. The van der Waals surface area contributed by atoms with Gasteiger partial charge in [0.25, 0.3) is 0 Å². The van der Waals surface area contributed by atoms with Gasteiger partial charge in [0.2, 0.25) is 5.91 Å². The van der Waals surface area contributed by atoms with E-state index in [1.54, 1.807) is 6.92 Å². The van der Waals surface area contributed by atoms with Crippen molar-refractivity contribution in [1.82, 2.24) is 10.6 Å². The van der Waals surface area contributed by atoms with E-state index in [0.29, 0.717) is 12.1 Å². The molecule has 1 aliphatic rings. The van der Waals surface area contributed by atoms with Gasteiger partial charge in [-0.1, -0.05) is 6.92 Å². The van der Waals surface area contributed by atoms with E-state index >= 15 is 0 Å². The maximum atomic E-state index is 10.8. The van der Waals surface area contributed by atoms with E-state index < -0.39 is 0 Å².